The van der Waals surface area contributed by atoms with Gasteiger partial charge in [-0.15, -0.1) is 0 Å². The number of nitrogens with one attached hydrogen (secondary N) is 1. The van der Waals surface area contributed by atoms with Crippen LogP contribution in [0.1, 0.15) is 118 Å². The molecule has 16 rings (SSSR count). The SMILES string of the molecule is CC1CNc2ccccc21.CCc1ccc(C)nc1.CCc1nc(C)c(C)o1.CCc1nc2ccc(C)cc2o1.CN(C)c1ccccn1.CN1CCc2ccc(C(=O)O)cc21.CN1CCc2ccccc21.C[B]c1nc2cc(C)ccc2o1.Cc1cc2ccccc2o1.Cc1ccccc1. The number of benzene rings is 7. The number of carboxylic acid groups (broad SMARTS) is 1. The average Bonchev–Trinajstić information content (AvgIpc) is 1.74. The van der Waals surface area contributed by atoms with Crippen molar-refractivity contribution < 1.29 is 27.6 Å². The molecule has 1 atom stereocenters. The third-order valence-electron chi connectivity index (χ3n) is 16.7. The lowest BCUT2D eigenvalue weighted by atomic mass is 9.83. The van der Waals surface area contributed by atoms with E-state index in [0.717, 1.165) is 113 Å². The van der Waals surface area contributed by atoms with Crippen LogP contribution in [0.4, 0.5) is 22.9 Å². The van der Waals surface area contributed by atoms with Gasteiger partial charge in [-0.3, -0.25) is 4.98 Å². The molecule has 2 N–H and O–H groups in total. The summed E-state index contributed by atoms with van der Waals surface area (Å²) in [6, 6.07) is 64.8. The van der Waals surface area contributed by atoms with E-state index in [1.165, 1.54) is 68.7 Å². The lowest BCUT2D eigenvalue weighted by Gasteiger charge is -2.11. The molecule has 101 heavy (non-hydrogen) atoms. The Labute approximate surface area is 599 Å². The zero-order valence-corrected chi connectivity index (χ0v) is 62.0. The minimum Gasteiger partial charge on any atom is -0.478 e. The maximum Gasteiger partial charge on any atom is 0.335 e. The van der Waals surface area contributed by atoms with Crippen molar-refractivity contribution in [2.75, 3.05) is 67.8 Å². The van der Waals surface area contributed by atoms with Crippen LogP contribution in [0.3, 0.4) is 0 Å². The zero-order chi connectivity index (χ0) is 72.8. The minimum absolute atomic E-state index is 0.368. The molecule has 0 bridgehead atoms. The molecule has 3 aliphatic heterocycles. The summed E-state index contributed by atoms with van der Waals surface area (Å²) in [5.74, 6) is 5.08. The first-order valence-electron chi connectivity index (χ1n) is 34.8. The molecule has 16 heteroatoms. The van der Waals surface area contributed by atoms with E-state index in [-0.39, 0.29) is 0 Å². The van der Waals surface area contributed by atoms with E-state index in [9.17, 15) is 4.79 Å². The molecule has 3 aliphatic rings. The monoisotopic (exact) mass is 1350 g/mol. The Hall–Kier alpha value is -10.7. The standard InChI is InChI=1S/C10H11NO2.C10H11NO.C9H9BNO.2C9H11N.C9H8O.C8H11N.C7H10N2.C7H11NO.C7H8/c1-11-5-4-7-2-3-8(10(12)13)6-9(7)11;1-3-10-11-8-5-4-7(2)6-9(8)12-10;1-6-3-4-8-7(5-6)11-9(10-2)12-8;1-10-7-6-8-4-2-3-5-9(8)10;1-7-6-10-9-5-3-2-4-8(7)9;1-7-6-8-4-2-3-5-9(8)10-7;1-3-8-5-4-7(2)9-6-8;1-9(2)7-5-3-4-6-8-7;1-4-7-8-5(2)6(3)9-7;1-7-5-3-2-4-6-7/h2-3,6H,4-5H2,1H3,(H,12,13);4-6H,3H2,1-2H3;3-5H,1-2H3;2-5H,6-7H2,1H3;2-5,7,10H,6H2,1H3;2-6H,1H3;4-6H,3H2,1-2H3;3-6H,1-2H3;4H2,1-3H3;2-6H,1H3. The van der Waals surface area contributed by atoms with Gasteiger partial charge in [-0.2, -0.15) is 0 Å². The summed E-state index contributed by atoms with van der Waals surface area (Å²) in [6.07, 6.45) is 8.76. The Balaban J connectivity index is 0.000000158. The number of aromatic carboxylic acids is 1. The first kappa shape index (κ1) is 77.6. The summed E-state index contributed by atoms with van der Waals surface area (Å²) < 4.78 is 21.5. The molecule has 0 amide bonds. The molecule has 1 unspecified atom stereocenters. The number of pyridine rings is 2. The predicted octanol–water partition coefficient (Wildman–Crippen LogP) is 19.2. The molecular formula is C85H101BN9O6. The fourth-order valence-electron chi connectivity index (χ4n) is 10.7. The van der Waals surface area contributed by atoms with E-state index >= 15 is 0 Å². The maximum absolute atomic E-state index is 10.7. The lowest BCUT2D eigenvalue weighted by molar-refractivity contribution is 0.0696. The summed E-state index contributed by atoms with van der Waals surface area (Å²) in [5, 5.41) is 13.3. The Morgan fingerprint density at radius 1 is 0.574 bits per heavy atom. The minimum atomic E-state index is -0.858. The average molecular weight is 1360 g/mol. The van der Waals surface area contributed by atoms with E-state index in [1.54, 1.807) is 18.3 Å². The molecule has 13 aromatic rings. The van der Waals surface area contributed by atoms with Gasteiger partial charge in [0.05, 0.1) is 11.3 Å². The van der Waals surface area contributed by atoms with Gasteiger partial charge in [0.1, 0.15) is 39.7 Å². The van der Waals surface area contributed by atoms with Gasteiger partial charge in [-0.1, -0.05) is 155 Å². The second-order valence-corrected chi connectivity index (χ2v) is 25.1. The first-order chi connectivity index (χ1) is 48.6. The highest BCUT2D eigenvalue weighted by Gasteiger charge is 2.18. The van der Waals surface area contributed by atoms with Crippen molar-refractivity contribution in [3.63, 3.8) is 0 Å². The Bertz CT molecular complexity index is 4420. The number of rotatable bonds is 6. The van der Waals surface area contributed by atoms with Crippen molar-refractivity contribution >= 4 is 75.1 Å². The van der Waals surface area contributed by atoms with Crippen molar-refractivity contribution in [1.82, 2.24) is 24.9 Å². The number of aryl methyl sites for hydroxylation is 10. The summed E-state index contributed by atoms with van der Waals surface area (Å²) in [5.41, 5.74) is 20.1. The number of oxazole rings is 3. The van der Waals surface area contributed by atoms with Crippen molar-refractivity contribution in [3.05, 3.63) is 286 Å². The molecule has 15 nitrogen and oxygen atoms in total. The van der Waals surface area contributed by atoms with Crippen LogP contribution in [0.25, 0.3) is 33.2 Å². The topological polar surface area (TPSA) is 176 Å². The van der Waals surface area contributed by atoms with E-state index in [0.29, 0.717) is 17.3 Å². The van der Waals surface area contributed by atoms with Gasteiger partial charge >= 0.3 is 5.97 Å². The van der Waals surface area contributed by atoms with Crippen LogP contribution in [0.2, 0.25) is 6.82 Å². The van der Waals surface area contributed by atoms with Gasteiger partial charge in [0.15, 0.2) is 22.9 Å². The number of nitrogens with zero attached hydrogens (tertiary/aromatic N) is 8. The van der Waals surface area contributed by atoms with Gasteiger partial charge in [0, 0.05) is 107 Å². The van der Waals surface area contributed by atoms with Crippen LogP contribution in [-0.2, 0) is 32.1 Å². The van der Waals surface area contributed by atoms with Crippen molar-refractivity contribution in [3.8, 4) is 0 Å². The van der Waals surface area contributed by atoms with Crippen LogP contribution in [0.15, 0.2) is 224 Å². The molecule has 0 aliphatic carbocycles. The Kier molecular flexibility index (Phi) is 30.5. The fourth-order valence-corrected chi connectivity index (χ4v) is 10.7. The number of likely N-dealkylation sites (N-methyl/N-ethyl adjacent to an activating group) is 2. The lowest BCUT2D eigenvalue weighted by Crippen LogP contribution is -2.12. The van der Waals surface area contributed by atoms with Crippen LogP contribution in [0.5, 0.6) is 0 Å². The Morgan fingerprint density at radius 3 is 1.82 bits per heavy atom. The number of carboxylic acids is 1. The van der Waals surface area contributed by atoms with Crippen molar-refractivity contribution in [2.24, 2.45) is 0 Å². The maximum atomic E-state index is 10.7. The van der Waals surface area contributed by atoms with Gasteiger partial charge < -0.3 is 42.8 Å². The van der Waals surface area contributed by atoms with Crippen LogP contribution >= 0.6 is 0 Å². The zero-order valence-electron chi connectivity index (χ0n) is 62.0. The fraction of sp³-hybridized carbons (Fsp3) is 0.294. The van der Waals surface area contributed by atoms with Crippen LogP contribution in [-0.4, -0.2) is 91.1 Å². The summed E-state index contributed by atoms with van der Waals surface area (Å²) in [7, 11) is 9.93. The van der Waals surface area contributed by atoms with E-state index < -0.39 is 5.97 Å². The van der Waals surface area contributed by atoms with Crippen molar-refractivity contribution in [2.45, 2.75) is 121 Å². The molecule has 0 saturated heterocycles. The highest BCUT2D eigenvalue weighted by molar-refractivity contribution is 6.49. The number of para-hydroxylation sites is 3. The summed E-state index contributed by atoms with van der Waals surface area (Å²) >= 11 is 0. The first-order valence-corrected chi connectivity index (χ1v) is 34.8. The molecule has 525 valence electrons. The van der Waals surface area contributed by atoms with Gasteiger partial charge in [0.2, 0.25) is 7.28 Å². The number of aromatic nitrogens is 5. The second-order valence-electron chi connectivity index (χ2n) is 25.1. The predicted molar refractivity (Wildman–Crippen MR) is 420 cm³/mol. The van der Waals surface area contributed by atoms with E-state index in [1.807, 2.05) is 217 Å². The van der Waals surface area contributed by atoms with Gasteiger partial charge in [-0.05, 0) is 180 Å². The number of furan rings is 1. The van der Waals surface area contributed by atoms with Crippen LogP contribution in [0, 0.1) is 48.5 Å². The normalized spacial score (nSPS) is 12.3. The van der Waals surface area contributed by atoms with Crippen molar-refractivity contribution in [1.29, 1.82) is 0 Å². The molecule has 1 radical (unpaired) electrons. The largest absolute Gasteiger partial charge is 0.478 e. The molecule has 0 saturated carbocycles. The second kappa shape index (κ2) is 39.8. The number of hydrogen-bond donors (Lipinski definition) is 2. The summed E-state index contributed by atoms with van der Waals surface area (Å²) in [4.78, 5) is 38.0. The number of hydrogen-bond acceptors (Lipinski definition) is 14. The third-order valence-corrected chi connectivity index (χ3v) is 16.7. The smallest absolute Gasteiger partial charge is 0.335 e. The van der Waals surface area contributed by atoms with Crippen LogP contribution < -0.4 is 25.8 Å². The highest BCUT2D eigenvalue weighted by atomic mass is 16.4. The number of carbonyl (C=O) groups is 1. The molecule has 0 spiro atoms. The molecule has 0 fully saturated rings. The molecular weight excluding hydrogens is 1250 g/mol. The number of anilines is 4. The van der Waals surface area contributed by atoms with Gasteiger partial charge in [0.25, 0.3) is 0 Å². The number of fused-ring (bicyclic) bond motifs is 6. The molecule has 6 aromatic heterocycles. The molecule has 7 aromatic carbocycles. The quantitative estimate of drug-likeness (QED) is 0.150. The van der Waals surface area contributed by atoms with E-state index in [4.69, 9.17) is 22.8 Å². The third kappa shape index (κ3) is 24.6. The summed E-state index contributed by atoms with van der Waals surface area (Å²) in [6.45, 7) is 27.7. The Morgan fingerprint density at radius 2 is 1.23 bits per heavy atom. The van der Waals surface area contributed by atoms with E-state index in [2.05, 4.69) is 135 Å². The molecule has 9 heterocycles. The van der Waals surface area contributed by atoms with Gasteiger partial charge in [-0.25, -0.2) is 24.7 Å². The highest BCUT2D eigenvalue weighted by Crippen LogP contribution is 2.31.